The number of benzene rings is 1. The first-order valence-corrected chi connectivity index (χ1v) is 13.3. The number of ketones is 1. The van der Waals surface area contributed by atoms with Crippen molar-refractivity contribution in [3.63, 3.8) is 0 Å². The van der Waals surface area contributed by atoms with Gasteiger partial charge in [-0.15, -0.1) is 0 Å². The molecule has 2 N–H and O–H groups in total. The molecule has 4 aromatic rings. The van der Waals surface area contributed by atoms with E-state index in [0.717, 1.165) is 42.6 Å². The first-order chi connectivity index (χ1) is 18.9. The van der Waals surface area contributed by atoms with Gasteiger partial charge in [-0.3, -0.25) is 19.0 Å². The summed E-state index contributed by atoms with van der Waals surface area (Å²) in [6, 6.07) is 12.9. The molecule has 0 unspecified atom stereocenters. The molecule has 9 heteroatoms. The molecule has 2 atom stereocenters. The number of Topliss-reactive ketones (excluding diaryl/α,β-unsaturated/α-hetero) is 1. The number of carbonyl (C=O) groups is 2. The smallest absolute Gasteiger partial charge is 0.225 e. The fraction of sp³-hybridized carbons (Fsp3) is 0.333. The van der Waals surface area contributed by atoms with Crippen molar-refractivity contribution >= 4 is 23.0 Å². The molecule has 1 aliphatic heterocycles. The molecular weight excluding hydrogens is 490 g/mol. The van der Waals surface area contributed by atoms with E-state index in [-0.39, 0.29) is 36.0 Å². The summed E-state index contributed by atoms with van der Waals surface area (Å²) in [7, 11) is 0. The van der Waals surface area contributed by atoms with E-state index in [1.807, 2.05) is 27.6 Å². The molecule has 9 nitrogen and oxygen atoms in total. The third-order valence-corrected chi connectivity index (χ3v) is 7.83. The lowest BCUT2D eigenvalue weighted by Gasteiger charge is -2.37. The van der Waals surface area contributed by atoms with Crippen molar-refractivity contribution in [1.29, 1.82) is 5.26 Å². The Kier molecular flexibility index (Phi) is 6.31. The van der Waals surface area contributed by atoms with Crippen LogP contribution >= 0.6 is 0 Å². The second-order valence-corrected chi connectivity index (χ2v) is 10.6. The number of piperidine rings is 1. The highest BCUT2D eigenvalue weighted by atomic mass is 16.2. The van der Waals surface area contributed by atoms with Crippen LogP contribution in [0.15, 0.2) is 55.0 Å². The number of rotatable bonds is 6. The third kappa shape index (κ3) is 4.74. The van der Waals surface area contributed by atoms with Gasteiger partial charge in [0.15, 0.2) is 5.78 Å². The molecule has 2 aliphatic rings. The van der Waals surface area contributed by atoms with Crippen LogP contribution in [0, 0.1) is 17.2 Å². The molecule has 1 saturated carbocycles. The van der Waals surface area contributed by atoms with E-state index >= 15 is 0 Å². The van der Waals surface area contributed by atoms with E-state index in [9.17, 15) is 9.59 Å². The molecule has 1 aliphatic carbocycles. The number of likely N-dealkylation sites (tertiary alicyclic amines) is 1. The van der Waals surface area contributed by atoms with Gasteiger partial charge in [0.1, 0.15) is 22.9 Å². The number of aromatic nitrogens is 4. The Hall–Kier alpha value is -4.58. The zero-order chi connectivity index (χ0) is 27.1. The van der Waals surface area contributed by atoms with E-state index < -0.39 is 0 Å². The fourth-order valence-electron chi connectivity index (χ4n) is 5.49. The highest BCUT2D eigenvalue weighted by Gasteiger charge is 2.39. The number of hydrogen-bond donors (Lipinski definition) is 1. The second kappa shape index (κ2) is 9.95. The molecule has 3 aromatic heterocycles. The van der Waals surface area contributed by atoms with Crippen LogP contribution in [0.25, 0.3) is 16.8 Å². The number of pyridine rings is 1. The normalized spacial score (nSPS) is 19.1. The first-order valence-electron chi connectivity index (χ1n) is 13.3. The summed E-state index contributed by atoms with van der Waals surface area (Å²) in [6.45, 7) is 2.78. The van der Waals surface area contributed by atoms with Crippen LogP contribution in [-0.4, -0.2) is 48.5 Å². The highest BCUT2D eigenvalue weighted by molar-refractivity contribution is 5.98. The molecule has 2 fully saturated rings. The maximum atomic E-state index is 12.9. The average Bonchev–Trinajstić information content (AvgIpc) is 3.73. The molecule has 0 spiro atoms. The van der Waals surface area contributed by atoms with Crippen molar-refractivity contribution in [3.8, 4) is 17.3 Å². The standard InChI is InChI=1S/C30H29N7O2/c1-18-2-3-23(17-37(18)30(39)22-8-9-22)29-35-26(27-28(32)34-12-13-36(27)29)21-6-4-20(5-7-21)25(38)15-24-14-19(16-31)10-11-33-24/h4-7,10-14,18,22-23H,2-3,8-9,15,17H2,1H3,(H2,32,34)/t18-,23+/m0/s1. The number of carbonyl (C=O) groups excluding carboxylic acids is 2. The Balaban J connectivity index is 1.29. The van der Waals surface area contributed by atoms with E-state index in [1.54, 1.807) is 30.5 Å². The van der Waals surface area contributed by atoms with Crippen molar-refractivity contribution in [2.24, 2.45) is 5.92 Å². The number of nitrogens with two attached hydrogens (primary N) is 1. The van der Waals surface area contributed by atoms with E-state index in [1.165, 1.54) is 6.20 Å². The summed E-state index contributed by atoms with van der Waals surface area (Å²) >= 11 is 0. The number of nitriles is 1. The molecule has 1 saturated heterocycles. The van der Waals surface area contributed by atoms with Crippen LogP contribution in [0.4, 0.5) is 5.82 Å². The monoisotopic (exact) mass is 519 g/mol. The zero-order valence-electron chi connectivity index (χ0n) is 21.7. The van der Waals surface area contributed by atoms with Gasteiger partial charge in [-0.25, -0.2) is 9.97 Å². The molecule has 6 rings (SSSR count). The molecule has 0 bridgehead atoms. The number of amides is 1. The Morgan fingerprint density at radius 1 is 1.08 bits per heavy atom. The van der Waals surface area contributed by atoms with Crippen LogP contribution in [0.3, 0.4) is 0 Å². The molecule has 1 amide bonds. The Morgan fingerprint density at radius 2 is 1.87 bits per heavy atom. The number of hydrogen-bond acceptors (Lipinski definition) is 7. The molecule has 39 heavy (non-hydrogen) atoms. The van der Waals surface area contributed by atoms with Gasteiger partial charge in [-0.2, -0.15) is 5.26 Å². The lowest BCUT2D eigenvalue weighted by atomic mass is 9.92. The average molecular weight is 520 g/mol. The lowest BCUT2D eigenvalue weighted by Crippen LogP contribution is -2.45. The van der Waals surface area contributed by atoms with Gasteiger partial charge in [-0.1, -0.05) is 24.3 Å². The minimum absolute atomic E-state index is 0.0857. The van der Waals surface area contributed by atoms with Crippen molar-refractivity contribution < 1.29 is 9.59 Å². The van der Waals surface area contributed by atoms with E-state index in [2.05, 4.69) is 23.0 Å². The zero-order valence-corrected chi connectivity index (χ0v) is 21.7. The van der Waals surface area contributed by atoms with Crippen LogP contribution < -0.4 is 5.73 Å². The van der Waals surface area contributed by atoms with Crippen LogP contribution in [-0.2, 0) is 11.2 Å². The molecule has 1 aromatic carbocycles. The van der Waals surface area contributed by atoms with Crippen LogP contribution in [0.1, 0.15) is 66.0 Å². The van der Waals surface area contributed by atoms with Gasteiger partial charge in [0.05, 0.1) is 18.1 Å². The van der Waals surface area contributed by atoms with Gasteiger partial charge >= 0.3 is 0 Å². The minimum Gasteiger partial charge on any atom is -0.382 e. The molecule has 4 heterocycles. The number of nitrogens with zero attached hydrogens (tertiary/aromatic N) is 6. The van der Waals surface area contributed by atoms with Crippen LogP contribution in [0.5, 0.6) is 0 Å². The highest BCUT2D eigenvalue weighted by Crippen LogP contribution is 2.38. The first kappa shape index (κ1) is 24.7. The van der Waals surface area contributed by atoms with Gasteiger partial charge < -0.3 is 10.6 Å². The van der Waals surface area contributed by atoms with Gasteiger partial charge in [0.25, 0.3) is 0 Å². The second-order valence-electron chi connectivity index (χ2n) is 10.6. The van der Waals surface area contributed by atoms with Crippen molar-refractivity contribution in [2.45, 2.75) is 51.0 Å². The van der Waals surface area contributed by atoms with Gasteiger partial charge in [-0.05, 0) is 44.7 Å². The number of fused-ring (bicyclic) bond motifs is 1. The maximum absolute atomic E-state index is 12.9. The summed E-state index contributed by atoms with van der Waals surface area (Å²) in [6.07, 6.45) is 9.05. The largest absolute Gasteiger partial charge is 0.382 e. The van der Waals surface area contributed by atoms with E-state index in [0.29, 0.717) is 34.9 Å². The third-order valence-electron chi connectivity index (χ3n) is 7.83. The number of nitrogen functional groups attached to an aromatic ring is 1. The summed E-state index contributed by atoms with van der Waals surface area (Å²) < 4.78 is 2.00. The molecule has 0 radical (unpaired) electrons. The van der Waals surface area contributed by atoms with Crippen LogP contribution in [0.2, 0.25) is 0 Å². The topological polar surface area (TPSA) is 130 Å². The lowest BCUT2D eigenvalue weighted by molar-refractivity contribution is -0.136. The summed E-state index contributed by atoms with van der Waals surface area (Å²) in [5.74, 6) is 1.71. The van der Waals surface area contributed by atoms with E-state index in [4.69, 9.17) is 16.0 Å². The fourth-order valence-corrected chi connectivity index (χ4v) is 5.49. The Bertz CT molecular complexity index is 1610. The summed E-state index contributed by atoms with van der Waals surface area (Å²) in [4.78, 5) is 41.5. The number of anilines is 1. The van der Waals surface area contributed by atoms with Gasteiger partial charge in [0, 0.05) is 59.8 Å². The minimum atomic E-state index is -0.0857. The predicted molar refractivity (Wildman–Crippen MR) is 146 cm³/mol. The molecule has 196 valence electrons. The summed E-state index contributed by atoms with van der Waals surface area (Å²) in [5, 5.41) is 9.10. The maximum Gasteiger partial charge on any atom is 0.225 e. The SMILES string of the molecule is C[C@H]1CC[C@@H](c2nc(-c3ccc(C(=O)Cc4cc(C#N)ccn4)cc3)c3c(N)nccn23)CN1C(=O)C1CC1. The predicted octanol–water partition coefficient (Wildman–Crippen LogP) is 4.18. The van der Waals surface area contributed by atoms with Crippen molar-refractivity contribution in [1.82, 2.24) is 24.3 Å². The Morgan fingerprint density at radius 3 is 2.62 bits per heavy atom. The van der Waals surface area contributed by atoms with Gasteiger partial charge in [0.2, 0.25) is 5.91 Å². The van der Waals surface area contributed by atoms with Crippen molar-refractivity contribution in [2.75, 3.05) is 12.3 Å². The summed E-state index contributed by atoms with van der Waals surface area (Å²) in [5.41, 5.74) is 10.2. The number of imidazole rings is 1. The quantitative estimate of drug-likeness (QED) is 0.378. The molecular formula is C30H29N7O2. The van der Waals surface area contributed by atoms with Crippen molar-refractivity contribution in [3.05, 3.63) is 77.6 Å². The Labute approximate surface area is 226 Å².